The molecule has 2 aliphatic heterocycles. The number of benzene rings is 1. The predicted molar refractivity (Wildman–Crippen MR) is 119 cm³/mol. The number of guanidine groups is 1. The Hall–Kier alpha value is -1.02. The fourth-order valence-corrected chi connectivity index (χ4v) is 3.72. The van der Waals surface area contributed by atoms with Crippen LogP contribution < -0.4 is 15.4 Å². The SMILES string of the molecule is CCCN1CCC(CN=C(NCC)NCC2Cc3ccccc3O2)C1.I. The van der Waals surface area contributed by atoms with E-state index >= 15 is 0 Å². The Morgan fingerprint density at radius 3 is 2.88 bits per heavy atom. The maximum Gasteiger partial charge on any atom is 0.191 e. The lowest BCUT2D eigenvalue weighted by molar-refractivity contribution is 0.235. The minimum atomic E-state index is 0. The lowest BCUT2D eigenvalue weighted by Crippen LogP contribution is -2.42. The van der Waals surface area contributed by atoms with E-state index in [2.05, 4.69) is 47.6 Å². The van der Waals surface area contributed by atoms with Gasteiger partial charge in [-0.25, -0.2) is 0 Å². The Morgan fingerprint density at radius 1 is 1.27 bits per heavy atom. The second-order valence-electron chi connectivity index (χ2n) is 7.11. The number of likely N-dealkylation sites (tertiary alicyclic amines) is 1. The van der Waals surface area contributed by atoms with Crippen molar-refractivity contribution in [2.24, 2.45) is 10.9 Å². The van der Waals surface area contributed by atoms with Crippen LogP contribution in [0.3, 0.4) is 0 Å². The molecule has 0 aromatic heterocycles. The quantitative estimate of drug-likeness (QED) is 0.364. The standard InChI is InChI=1S/C20H32N4O.HI/c1-3-10-24-11-9-16(15-24)13-22-20(21-4-2)23-14-18-12-17-7-5-6-8-19(17)25-18;/h5-8,16,18H,3-4,9-15H2,1-2H3,(H2,21,22,23);1H. The van der Waals surface area contributed by atoms with Crippen LogP contribution in [-0.4, -0.2) is 56.2 Å². The van der Waals surface area contributed by atoms with Gasteiger partial charge in [0.25, 0.3) is 0 Å². The van der Waals surface area contributed by atoms with Crippen molar-refractivity contribution in [1.82, 2.24) is 15.5 Å². The van der Waals surface area contributed by atoms with Crippen LogP contribution >= 0.6 is 24.0 Å². The molecule has 2 unspecified atom stereocenters. The molecule has 6 heteroatoms. The Kier molecular flexibility index (Phi) is 8.98. The van der Waals surface area contributed by atoms with Crippen LogP contribution in [0.1, 0.15) is 32.3 Å². The van der Waals surface area contributed by atoms with Gasteiger partial charge < -0.3 is 20.3 Å². The van der Waals surface area contributed by atoms with Crippen molar-refractivity contribution in [3.63, 3.8) is 0 Å². The average molecular weight is 472 g/mol. The molecule has 1 aromatic rings. The minimum absolute atomic E-state index is 0. The van der Waals surface area contributed by atoms with E-state index in [9.17, 15) is 0 Å². The number of para-hydroxylation sites is 1. The number of aliphatic imine (C=N–C) groups is 1. The third-order valence-corrected chi connectivity index (χ3v) is 4.97. The van der Waals surface area contributed by atoms with Gasteiger partial charge in [-0.2, -0.15) is 0 Å². The second-order valence-corrected chi connectivity index (χ2v) is 7.11. The fourth-order valence-electron chi connectivity index (χ4n) is 3.72. The Balaban J connectivity index is 0.00000243. The summed E-state index contributed by atoms with van der Waals surface area (Å²) in [5.41, 5.74) is 1.30. The molecular formula is C20H33IN4O. The smallest absolute Gasteiger partial charge is 0.191 e. The highest BCUT2D eigenvalue weighted by atomic mass is 127. The number of nitrogens with one attached hydrogen (secondary N) is 2. The van der Waals surface area contributed by atoms with Gasteiger partial charge in [-0.1, -0.05) is 25.1 Å². The van der Waals surface area contributed by atoms with Crippen LogP contribution in [0.25, 0.3) is 0 Å². The number of hydrogen-bond acceptors (Lipinski definition) is 3. The molecule has 0 amide bonds. The topological polar surface area (TPSA) is 48.9 Å². The van der Waals surface area contributed by atoms with Gasteiger partial charge in [-0.05, 0) is 50.4 Å². The Bertz CT molecular complexity index is 556. The van der Waals surface area contributed by atoms with E-state index in [1.807, 2.05) is 6.07 Å². The highest BCUT2D eigenvalue weighted by Crippen LogP contribution is 2.27. The summed E-state index contributed by atoms with van der Waals surface area (Å²) in [6.45, 7) is 10.6. The molecule has 2 N–H and O–H groups in total. The summed E-state index contributed by atoms with van der Waals surface area (Å²) in [5, 5.41) is 6.82. The van der Waals surface area contributed by atoms with Crippen molar-refractivity contribution in [3.05, 3.63) is 29.8 Å². The van der Waals surface area contributed by atoms with Crippen molar-refractivity contribution in [2.75, 3.05) is 39.3 Å². The number of ether oxygens (including phenoxy) is 1. The third kappa shape index (κ3) is 6.01. The zero-order chi connectivity index (χ0) is 17.5. The Labute approximate surface area is 175 Å². The summed E-state index contributed by atoms with van der Waals surface area (Å²) in [7, 11) is 0. The molecule has 1 aromatic carbocycles. The van der Waals surface area contributed by atoms with Crippen LogP contribution in [0, 0.1) is 5.92 Å². The van der Waals surface area contributed by atoms with Gasteiger partial charge in [0, 0.05) is 26.1 Å². The first-order valence-electron chi connectivity index (χ1n) is 9.77. The largest absolute Gasteiger partial charge is 0.488 e. The normalized spacial score (nSPS) is 22.5. The third-order valence-electron chi connectivity index (χ3n) is 4.97. The molecule has 1 fully saturated rings. The van der Waals surface area contributed by atoms with Crippen molar-refractivity contribution < 1.29 is 4.74 Å². The summed E-state index contributed by atoms with van der Waals surface area (Å²) < 4.78 is 6.00. The highest BCUT2D eigenvalue weighted by molar-refractivity contribution is 14.0. The van der Waals surface area contributed by atoms with Crippen LogP contribution in [0.2, 0.25) is 0 Å². The zero-order valence-corrected chi connectivity index (χ0v) is 18.4. The van der Waals surface area contributed by atoms with E-state index < -0.39 is 0 Å². The second kappa shape index (κ2) is 11.0. The van der Waals surface area contributed by atoms with Gasteiger partial charge in [0.1, 0.15) is 11.9 Å². The molecule has 0 saturated carbocycles. The van der Waals surface area contributed by atoms with Crippen molar-refractivity contribution >= 4 is 29.9 Å². The maximum atomic E-state index is 6.00. The highest BCUT2D eigenvalue weighted by Gasteiger charge is 2.23. The van der Waals surface area contributed by atoms with E-state index in [0.717, 1.165) is 37.8 Å². The average Bonchev–Trinajstić information content (AvgIpc) is 3.24. The van der Waals surface area contributed by atoms with Crippen molar-refractivity contribution in [3.8, 4) is 5.75 Å². The summed E-state index contributed by atoms with van der Waals surface area (Å²) in [6.07, 6.45) is 3.67. The summed E-state index contributed by atoms with van der Waals surface area (Å²) in [6, 6.07) is 8.31. The van der Waals surface area contributed by atoms with Gasteiger partial charge in [0.05, 0.1) is 6.54 Å². The maximum absolute atomic E-state index is 6.00. The van der Waals surface area contributed by atoms with E-state index in [4.69, 9.17) is 9.73 Å². The van der Waals surface area contributed by atoms with Crippen LogP contribution in [-0.2, 0) is 6.42 Å². The molecule has 2 heterocycles. The molecule has 146 valence electrons. The lowest BCUT2D eigenvalue weighted by atomic mass is 10.1. The first-order chi connectivity index (χ1) is 12.3. The van der Waals surface area contributed by atoms with E-state index in [-0.39, 0.29) is 30.1 Å². The molecule has 3 rings (SSSR count). The number of halogens is 1. The monoisotopic (exact) mass is 472 g/mol. The van der Waals surface area contributed by atoms with Crippen LogP contribution in [0.5, 0.6) is 5.75 Å². The molecule has 26 heavy (non-hydrogen) atoms. The fraction of sp³-hybridized carbons (Fsp3) is 0.650. The molecule has 1 saturated heterocycles. The number of hydrogen-bond donors (Lipinski definition) is 2. The van der Waals surface area contributed by atoms with Crippen molar-refractivity contribution in [2.45, 2.75) is 39.2 Å². The molecule has 0 radical (unpaired) electrons. The van der Waals surface area contributed by atoms with Crippen molar-refractivity contribution in [1.29, 1.82) is 0 Å². The summed E-state index contributed by atoms with van der Waals surface area (Å²) in [5.74, 6) is 2.63. The van der Waals surface area contributed by atoms with Gasteiger partial charge in [0.15, 0.2) is 5.96 Å². The van der Waals surface area contributed by atoms with Crippen LogP contribution in [0.4, 0.5) is 0 Å². The molecule has 0 bridgehead atoms. The van der Waals surface area contributed by atoms with E-state index in [1.165, 1.54) is 38.0 Å². The first-order valence-corrected chi connectivity index (χ1v) is 9.77. The molecule has 0 spiro atoms. The zero-order valence-electron chi connectivity index (χ0n) is 16.0. The van der Waals surface area contributed by atoms with Gasteiger partial charge in [0.2, 0.25) is 0 Å². The summed E-state index contributed by atoms with van der Waals surface area (Å²) in [4.78, 5) is 7.37. The minimum Gasteiger partial charge on any atom is -0.488 e. The molecule has 2 aliphatic rings. The molecule has 5 nitrogen and oxygen atoms in total. The predicted octanol–water partition coefficient (Wildman–Crippen LogP) is 2.90. The van der Waals surface area contributed by atoms with E-state index in [1.54, 1.807) is 0 Å². The molecule has 2 atom stereocenters. The summed E-state index contributed by atoms with van der Waals surface area (Å²) >= 11 is 0. The van der Waals surface area contributed by atoms with Crippen LogP contribution in [0.15, 0.2) is 29.3 Å². The number of nitrogens with zero attached hydrogens (tertiary/aromatic N) is 2. The lowest BCUT2D eigenvalue weighted by Gasteiger charge is -2.16. The number of fused-ring (bicyclic) bond motifs is 1. The molecule has 0 aliphatic carbocycles. The number of rotatable bonds is 7. The van der Waals surface area contributed by atoms with Gasteiger partial charge in [-0.3, -0.25) is 4.99 Å². The van der Waals surface area contributed by atoms with E-state index in [0.29, 0.717) is 5.92 Å². The molecular weight excluding hydrogens is 439 g/mol. The van der Waals surface area contributed by atoms with Gasteiger partial charge in [-0.15, -0.1) is 24.0 Å². The first kappa shape index (κ1) is 21.3. The van der Waals surface area contributed by atoms with Gasteiger partial charge >= 0.3 is 0 Å². The Morgan fingerprint density at radius 2 is 2.12 bits per heavy atom.